The fraction of sp³-hybridized carbons (Fsp3) is 0.286. The number of hydrogen-bond acceptors (Lipinski definition) is 4. The molecule has 0 N–H and O–H groups in total. The number of amidine groups is 1. The Kier molecular flexibility index (Phi) is 6.40. The third kappa shape index (κ3) is 5.04. The zero-order valence-corrected chi connectivity index (χ0v) is 16.2. The van der Waals surface area contributed by atoms with E-state index in [0.717, 1.165) is 24.0 Å². The number of thioether (sulfide) groups is 1. The quantitative estimate of drug-likeness (QED) is 0.533. The summed E-state index contributed by atoms with van der Waals surface area (Å²) in [6.07, 6.45) is 3.40. The third-order valence-corrected chi connectivity index (χ3v) is 5.49. The lowest BCUT2D eigenvalue weighted by Gasteiger charge is -2.15. The smallest absolute Gasteiger partial charge is 0.242 e. The molecule has 0 spiro atoms. The van der Waals surface area contributed by atoms with Crippen molar-refractivity contribution >= 4 is 29.1 Å². The molecule has 1 atom stereocenters. The maximum absolute atomic E-state index is 13.1. The fourth-order valence-electron chi connectivity index (χ4n) is 2.75. The van der Waals surface area contributed by atoms with Crippen LogP contribution in [-0.2, 0) is 11.3 Å². The summed E-state index contributed by atoms with van der Waals surface area (Å²) in [6.45, 7) is 4.46. The zero-order chi connectivity index (χ0) is 19.2. The normalized spacial score (nSPS) is 18.8. The molecule has 140 valence electrons. The Morgan fingerprint density at radius 1 is 1.15 bits per heavy atom. The standard InChI is InChI=1S/C21H22FN3OS/c1-3-4-19-20(26)25(14-17-9-11-18(22)12-10-17)21(27-19)24-23-13-16-7-5-15(2)6-8-16/h5-13,19H,3-4,14H2,1-2H3/b23-13-,24-21+/t19-/m1/s1. The van der Waals surface area contributed by atoms with Gasteiger partial charge in [0.1, 0.15) is 5.82 Å². The molecule has 0 saturated carbocycles. The highest BCUT2D eigenvalue weighted by Gasteiger charge is 2.37. The lowest BCUT2D eigenvalue weighted by molar-refractivity contribution is -0.126. The van der Waals surface area contributed by atoms with Crippen molar-refractivity contribution < 1.29 is 9.18 Å². The second kappa shape index (κ2) is 8.95. The Balaban J connectivity index is 1.79. The van der Waals surface area contributed by atoms with E-state index >= 15 is 0 Å². The number of hydrogen-bond donors (Lipinski definition) is 0. The van der Waals surface area contributed by atoms with Gasteiger partial charge in [0.15, 0.2) is 5.17 Å². The summed E-state index contributed by atoms with van der Waals surface area (Å²) in [5.74, 6) is -0.253. The van der Waals surface area contributed by atoms with Gasteiger partial charge in [-0.1, -0.05) is 67.1 Å². The number of benzene rings is 2. The van der Waals surface area contributed by atoms with Crippen LogP contribution >= 0.6 is 11.8 Å². The number of nitrogens with zero attached hydrogens (tertiary/aromatic N) is 3. The molecule has 0 unspecified atom stereocenters. The Morgan fingerprint density at radius 2 is 1.85 bits per heavy atom. The predicted octanol–water partition coefficient (Wildman–Crippen LogP) is 4.77. The molecule has 3 rings (SSSR count). The fourth-order valence-corrected chi connectivity index (χ4v) is 3.96. The molecular weight excluding hydrogens is 361 g/mol. The summed E-state index contributed by atoms with van der Waals surface area (Å²) >= 11 is 1.45. The van der Waals surface area contributed by atoms with Crippen molar-refractivity contribution in [2.75, 3.05) is 0 Å². The van der Waals surface area contributed by atoms with Gasteiger partial charge in [0.05, 0.1) is 18.0 Å². The van der Waals surface area contributed by atoms with Crippen LogP contribution in [0.15, 0.2) is 58.7 Å². The minimum absolute atomic E-state index is 0.0375. The molecule has 6 heteroatoms. The largest absolute Gasteiger partial charge is 0.284 e. The molecule has 0 aromatic heterocycles. The van der Waals surface area contributed by atoms with Gasteiger partial charge in [0.25, 0.3) is 0 Å². The molecule has 0 aliphatic carbocycles. The van der Waals surface area contributed by atoms with E-state index in [0.29, 0.717) is 11.7 Å². The monoisotopic (exact) mass is 383 g/mol. The average molecular weight is 383 g/mol. The molecule has 1 saturated heterocycles. The molecule has 1 amide bonds. The molecule has 2 aromatic carbocycles. The molecule has 1 aliphatic rings. The Labute approximate surface area is 163 Å². The lowest BCUT2D eigenvalue weighted by atomic mass is 10.2. The van der Waals surface area contributed by atoms with Crippen LogP contribution in [0.4, 0.5) is 4.39 Å². The summed E-state index contributed by atoms with van der Waals surface area (Å²) in [7, 11) is 0. The minimum Gasteiger partial charge on any atom is -0.284 e. The molecule has 0 bridgehead atoms. The van der Waals surface area contributed by atoms with Gasteiger partial charge >= 0.3 is 0 Å². The van der Waals surface area contributed by atoms with E-state index in [1.54, 1.807) is 23.2 Å². The van der Waals surface area contributed by atoms with Crippen molar-refractivity contribution in [3.05, 3.63) is 71.0 Å². The lowest BCUT2D eigenvalue weighted by Crippen LogP contribution is -2.31. The summed E-state index contributed by atoms with van der Waals surface area (Å²) in [4.78, 5) is 14.4. The van der Waals surface area contributed by atoms with Gasteiger partial charge in [-0.05, 0) is 36.6 Å². The van der Waals surface area contributed by atoms with E-state index in [1.807, 2.05) is 31.2 Å². The molecule has 1 aliphatic heterocycles. The van der Waals surface area contributed by atoms with Crippen LogP contribution in [0.2, 0.25) is 0 Å². The van der Waals surface area contributed by atoms with Gasteiger partial charge in [0.2, 0.25) is 5.91 Å². The highest BCUT2D eigenvalue weighted by Crippen LogP contribution is 2.31. The average Bonchev–Trinajstić information content (AvgIpc) is 2.94. The SMILES string of the molecule is CCC[C@H]1S/C(=N/N=C\c2ccc(C)cc2)N(Cc2ccc(F)cc2)C1=O. The first-order valence-corrected chi connectivity index (χ1v) is 9.85. The summed E-state index contributed by atoms with van der Waals surface area (Å²) < 4.78 is 13.1. The number of rotatable bonds is 6. The van der Waals surface area contributed by atoms with Crippen molar-refractivity contribution in [2.45, 2.75) is 38.5 Å². The van der Waals surface area contributed by atoms with Crippen LogP contribution in [0, 0.1) is 12.7 Å². The van der Waals surface area contributed by atoms with Crippen LogP contribution in [0.5, 0.6) is 0 Å². The van der Waals surface area contributed by atoms with E-state index < -0.39 is 0 Å². The molecule has 0 radical (unpaired) electrons. The van der Waals surface area contributed by atoms with Crippen molar-refractivity contribution in [2.24, 2.45) is 10.2 Å². The van der Waals surface area contributed by atoms with E-state index in [2.05, 4.69) is 17.1 Å². The maximum Gasteiger partial charge on any atom is 0.242 e. The number of carbonyl (C=O) groups excluding carboxylic acids is 1. The zero-order valence-electron chi connectivity index (χ0n) is 15.4. The number of halogens is 1. The molecule has 1 heterocycles. The van der Waals surface area contributed by atoms with E-state index in [4.69, 9.17) is 0 Å². The molecule has 27 heavy (non-hydrogen) atoms. The first kappa shape index (κ1) is 19.3. The summed E-state index contributed by atoms with van der Waals surface area (Å²) in [5.41, 5.74) is 3.00. The van der Waals surface area contributed by atoms with Crippen molar-refractivity contribution in [3.63, 3.8) is 0 Å². The summed E-state index contributed by atoms with van der Waals surface area (Å²) in [5, 5.41) is 8.93. The van der Waals surface area contributed by atoms with Crippen LogP contribution < -0.4 is 0 Å². The first-order valence-electron chi connectivity index (χ1n) is 8.97. The number of aryl methyl sites for hydroxylation is 1. The second-order valence-electron chi connectivity index (χ2n) is 6.48. The summed E-state index contributed by atoms with van der Waals surface area (Å²) in [6, 6.07) is 14.2. The second-order valence-corrected chi connectivity index (χ2v) is 7.65. The highest BCUT2D eigenvalue weighted by molar-refractivity contribution is 8.15. The number of carbonyl (C=O) groups is 1. The highest BCUT2D eigenvalue weighted by atomic mass is 32.2. The third-order valence-electron chi connectivity index (χ3n) is 4.25. The van der Waals surface area contributed by atoms with Crippen LogP contribution in [-0.4, -0.2) is 27.4 Å². The van der Waals surface area contributed by atoms with Crippen LogP contribution in [0.3, 0.4) is 0 Å². The van der Waals surface area contributed by atoms with Gasteiger partial charge in [-0.25, -0.2) is 4.39 Å². The van der Waals surface area contributed by atoms with E-state index in [9.17, 15) is 9.18 Å². The van der Waals surface area contributed by atoms with Crippen LogP contribution in [0.1, 0.15) is 36.5 Å². The number of amides is 1. The van der Waals surface area contributed by atoms with E-state index in [1.165, 1.54) is 29.5 Å². The molecular formula is C21H22FN3OS. The Morgan fingerprint density at radius 3 is 2.52 bits per heavy atom. The van der Waals surface area contributed by atoms with Gasteiger partial charge in [0, 0.05) is 0 Å². The topological polar surface area (TPSA) is 45.0 Å². The first-order chi connectivity index (χ1) is 13.1. The molecule has 1 fully saturated rings. The predicted molar refractivity (Wildman–Crippen MR) is 109 cm³/mol. The minimum atomic E-state index is -0.290. The Hall–Kier alpha value is -2.47. The van der Waals surface area contributed by atoms with E-state index in [-0.39, 0.29) is 17.0 Å². The maximum atomic E-state index is 13.1. The van der Waals surface area contributed by atoms with Gasteiger partial charge in [-0.3, -0.25) is 9.69 Å². The van der Waals surface area contributed by atoms with Crippen LogP contribution in [0.25, 0.3) is 0 Å². The molecule has 4 nitrogen and oxygen atoms in total. The van der Waals surface area contributed by atoms with Gasteiger partial charge < -0.3 is 0 Å². The van der Waals surface area contributed by atoms with Gasteiger partial charge in [-0.15, -0.1) is 5.10 Å². The molecule has 2 aromatic rings. The van der Waals surface area contributed by atoms with Gasteiger partial charge in [-0.2, -0.15) is 5.10 Å². The Bertz CT molecular complexity index is 847. The van der Waals surface area contributed by atoms with Crippen molar-refractivity contribution in [1.29, 1.82) is 0 Å². The van der Waals surface area contributed by atoms with Crippen molar-refractivity contribution in [3.8, 4) is 0 Å². The van der Waals surface area contributed by atoms with Crippen molar-refractivity contribution in [1.82, 2.24) is 4.90 Å².